The van der Waals surface area contributed by atoms with Crippen LogP contribution in [0.1, 0.15) is 26.4 Å². The van der Waals surface area contributed by atoms with E-state index >= 15 is 0 Å². The molecular formula is C13H10BrNOS. The van der Waals surface area contributed by atoms with Gasteiger partial charge >= 0.3 is 0 Å². The van der Waals surface area contributed by atoms with Crippen LogP contribution in [0.15, 0.2) is 34.1 Å². The summed E-state index contributed by atoms with van der Waals surface area (Å²) in [7, 11) is 0. The average molecular weight is 308 g/mol. The van der Waals surface area contributed by atoms with Crippen molar-refractivity contribution >= 4 is 33.0 Å². The molecule has 1 aliphatic heterocycles. The minimum atomic E-state index is 0.0987. The van der Waals surface area contributed by atoms with Gasteiger partial charge in [-0.2, -0.15) is 0 Å². The maximum atomic E-state index is 12.3. The van der Waals surface area contributed by atoms with Crippen LogP contribution in [0.3, 0.4) is 0 Å². The molecule has 1 N–H and O–H groups in total. The lowest BCUT2D eigenvalue weighted by molar-refractivity contribution is 0.104. The summed E-state index contributed by atoms with van der Waals surface area (Å²) in [6, 6.07) is 7.88. The Hall–Kier alpha value is -0.970. The molecule has 0 fully saturated rings. The molecule has 0 aliphatic carbocycles. The van der Waals surface area contributed by atoms with E-state index in [0.717, 1.165) is 28.0 Å². The molecule has 4 heteroatoms. The lowest BCUT2D eigenvalue weighted by Gasteiger charge is -2.02. The number of rotatable bonds is 2. The molecule has 2 aromatic rings. The lowest BCUT2D eigenvalue weighted by Crippen LogP contribution is -2.01. The number of halogens is 1. The summed E-state index contributed by atoms with van der Waals surface area (Å²) in [6.07, 6.45) is 0. The molecular weight excluding hydrogens is 298 g/mol. The second-order valence-corrected chi connectivity index (χ2v) is 5.78. The maximum absolute atomic E-state index is 12.3. The highest BCUT2D eigenvalue weighted by Crippen LogP contribution is 2.27. The van der Waals surface area contributed by atoms with Gasteiger partial charge in [0.15, 0.2) is 0 Å². The van der Waals surface area contributed by atoms with E-state index in [9.17, 15) is 4.79 Å². The Labute approximate surface area is 112 Å². The SMILES string of the molecule is O=C(c1ccc2c(c1)CNC2)c1sccc1Br. The molecule has 0 bridgehead atoms. The van der Waals surface area contributed by atoms with E-state index in [0.29, 0.717) is 0 Å². The number of carbonyl (C=O) groups excluding carboxylic acids is 1. The highest BCUT2D eigenvalue weighted by Gasteiger charge is 2.17. The first-order chi connectivity index (χ1) is 8.25. The van der Waals surface area contributed by atoms with Crippen LogP contribution in [-0.2, 0) is 13.1 Å². The fraction of sp³-hybridized carbons (Fsp3) is 0.154. The molecule has 3 rings (SSSR count). The molecule has 1 aromatic heterocycles. The summed E-state index contributed by atoms with van der Waals surface area (Å²) in [4.78, 5) is 13.1. The Morgan fingerprint density at radius 2 is 2.06 bits per heavy atom. The standard InChI is InChI=1S/C13H10BrNOS/c14-11-3-4-17-13(11)12(16)8-1-2-9-6-15-7-10(9)5-8/h1-5,15H,6-7H2. The summed E-state index contributed by atoms with van der Waals surface area (Å²) < 4.78 is 0.881. The number of benzene rings is 1. The zero-order valence-corrected chi connectivity index (χ0v) is 11.4. The number of fused-ring (bicyclic) bond motifs is 1. The van der Waals surface area contributed by atoms with E-state index in [-0.39, 0.29) is 5.78 Å². The first-order valence-electron chi connectivity index (χ1n) is 5.36. The predicted octanol–water partition coefficient (Wildman–Crippen LogP) is 3.34. The van der Waals surface area contributed by atoms with Gasteiger partial charge in [0, 0.05) is 23.1 Å². The smallest absolute Gasteiger partial charge is 0.204 e. The monoisotopic (exact) mass is 307 g/mol. The number of hydrogen-bond acceptors (Lipinski definition) is 3. The van der Waals surface area contributed by atoms with Gasteiger partial charge in [0.2, 0.25) is 5.78 Å². The van der Waals surface area contributed by atoms with Crippen molar-refractivity contribution in [3.05, 3.63) is 55.7 Å². The molecule has 0 spiro atoms. The van der Waals surface area contributed by atoms with E-state index < -0.39 is 0 Å². The first-order valence-corrected chi connectivity index (χ1v) is 7.03. The third-order valence-corrected chi connectivity index (χ3v) is 4.76. The lowest BCUT2D eigenvalue weighted by atomic mass is 10.0. The van der Waals surface area contributed by atoms with E-state index in [1.807, 2.05) is 29.6 Å². The first kappa shape index (κ1) is 11.1. The zero-order chi connectivity index (χ0) is 11.8. The predicted molar refractivity (Wildman–Crippen MR) is 72.4 cm³/mol. The fourth-order valence-electron chi connectivity index (χ4n) is 2.02. The summed E-state index contributed by atoms with van der Waals surface area (Å²) in [5, 5.41) is 5.20. The Morgan fingerprint density at radius 1 is 1.24 bits per heavy atom. The van der Waals surface area contributed by atoms with Gasteiger partial charge in [-0.1, -0.05) is 12.1 Å². The van der Waals surface area contributed by atoms with Crippen molar-refractivity contribution in [1.82, 2.24) is 5.32 Å². The highest BCUT2D eigenvalue weighted by molar-refractivity contribution is 9.10. The second-order valence-electron chi connectivity index (χ2n) is 4.01. The molecule has 0 radical (unpaired) electrons. The maximum Gasteiger partial charge on any atom is 0.204 e. The summed E-state index contributed by atoms with van der Waals surface area (Å²) in [5.41, 5.74) is 3.31. The van der Waals surface area contributed by atoms with E-state index in [1.165, 1.54) is 22.5 Å². The van der Waals surface area contributed by atoms with Crippen molar-refractivity contribution in [2.75, 3.05) is 0 Å². The number of nitrogens with one attached hydrogen (secondary N) is 1. The molecule has 1 aromatic carbocycles. The van der Waals surface area contributed by atoms with Crippen LogP contribution in [0.25, 0.3) is 0 Å². The van der Waals surface area contributed by atoms with Gasteiger partial charge in [-0.25, -0.2) is 0 Å². The van der Waals surface area contributed by atoms with Gasteiger partial charge in [0.25, 0.3) is 0 Å². The van der Waals surface area contributed by atoms with Crippen LogP contribution in [0.2, 0.25) is 0 Å². The van der Waals surface area contributed by atoms with Crippen LogP contribution in [-0.4, -0.2) is 5.78 Å². The van der Waals surface area contributed by atoms with Crippen molar-refractivity contribution in [2.45, 2.75) is 13.1 Å². The minimum Gasteiger partial charge on any atom is -0.309 e. The molecule has 0 unspecified atom stereocenters. The summed E-state index contributed by atoms with van der Waals surface area (Å²) in [5.74, 6) is 0.0987. The molecule has 0 atom stereocenters. The van der Waals surface area contributed by atoms with Gasteiger partial charge in [-0.05, 0) is 44.6 Å². The molecule has 1 aliphatic rings. The molecule has 17 heavy (non-hydrogen) atoms. The number of ketones is 1. The van der Waals surface area contributed by atoms with Crippen molar-refractivity contribution in [2.24, 2.45) is 0 Å². The van der Waals surface area contributed by atoms with Gasteiger partial charge in [0.1, 0.15) is 0 Å². The quantitative estimate of drug-likeness (QED) is 0.862. The molecule has 0 amide bonds. The van der Waals surface area contributed by atoms with E-state index in [4.69, 9.17) is 0 Å². The largest absolute Gasteiger partial charge is 0.309 e. The number of hydrogen-bond donors (Lipinski definition) is 1. The van der Waals surface area contributed by atoms with Gasteiger partial charge < -0.3 is 5.32 Å². The molecule has 2 nitrogen and oxygen atoms in total. The van der Waals surface area contributed by atoms with E-state index in [2.05, 4.69) is 21.2 Å². The van der Waals surface area contributed by atoms with Crippen molar-refractivity contribution in [3.63, 3.8) is 0 Å². The minimum absolute atomic E-state index is 0.0987. The Morgan fingerprint density at radius 3 is 2.82 bits per heavy atom. The zero-order valence-electron chi connectivity index (χ0n) is 9.00. The molecule has 0 saturated heterocycles. The van der Waals surface area contributed by atoms with Crippen LogP contribution in [0, 0.1) is 0 Å². The van der Waals surface area contributed by atoms with Gasteiger partial charge in [0.05, 0.1) is 4.88 Å². The third kappa shape index (κ3) is 1.97. The Bertz CT molecular complexity index is 591. The Kier molecular flexibility index (Phi) is 2.86. The van der Waals surface area contributed by atoms with Gasteiger partial charge in [-0.15, -0.1) is 11.3 Å². The number of carbonyl (C=O) groups is 1. The van der Waals surface area contributed by atoms with Gasteiger partial charge in [-0.3, -0.25) is 4.79 Å². The topological polar surface area (TPSA) is 29.1 Å². The molecule has 2 heterocycles. The van der Waals surface area contributed by atoms with Crippen molar-refractivity contribution in [3.8, 4) is 0 Å². The fourth-order valence-corrected chi connectivity index (χ4v) is 3.54. The van der Waals surface area contributed by atoms with Crippen LogP contribution in [0.4, 0.5) is 0 Å². The molecule has 86 valence electrons. The summed E-state index contributed by atoms with van der Waals surface area (Å²) in [6.45, 7) is 1.77. The van der Waals surface area contributed by atoms with Crippen LogP contribution in [0.5, 0.6) is 0 Å². The third-order valence-electron chi connectivity index (χ3n) is 2.92. The average Bonchev–Trinajstić information content (AvgIpc) is 2.95. The molecule has 0 saturated carbocycles. The Balaban J connectivity index is 2.00. The number of thiophene rings is 1. The van der Waals surface area contributed by atoms with E-state index in [1.54, 1.807) is 0 Å². The highest BCUT2D eigenvalue weighted by atomic mass is 79.9. The van der Waals surface area contributed by atoms with Crippen molar-refractivity contribution in [1.29, 1.82) is 0 Å². The van der Waals surface area contributed by atoms with Crippen molar-refractivity contribution < 1.29 is 4.79 Å². The summed E-state index contributed by atoms with van der Waals surface area (Å²) >= 11 is 4.88. The normalized spacial score (nSPS) is 13.7. The van der Waals surface area contributed by atoms with Crippen LogP contribution < -0.4 is 5.32 Å². The second kappa shape index (κ2) is 4.37. The van der Waals surface area contributed by atoms with Crippen LogP contribution >= 0.6 is 27.3 Å².